The third-order valence-electron chi connectivity index (χ3n) is 3.95. The Kier molecular flexibility index (Phi) is 3.16. The summed E-state index contributed by atoms with van der Waals surface area (Å²) >= 11 is 0. The molecule has 3 rings (SSSR count). The Bertz CT molecular complexity index is 429. The van der Waals surface area contributed by atoms with Crippen LogP contribution in [0.5, 0.6) is 0 Å². The number of Topliss-reactive ketones (excluding diaryl/α,β-unsaturated/α-hetero) is 1. The van der Waals surface area contributed by atoms with Crippen molar-refractivity contribution in [1.29, 1.82) is 0 Å². The zero-order chi connectivity index (χ0) is 12.5. The van der Waals surface area contributed by atoms with Gasteiger partial charge in [-0.2, -0.15) is 4.98 Å². The van der Waals surface area contributed by atoms with Gasteiger partial charge in [-0.1, -0.05) is 5.16 Å². The Hall–Kier alpha value is -1.23. The van der Waals surface area contributed by atoms with Crippen molar-refractivity contribution in [3.05, 3.63) is 11.7 Å². The van der Waals surface area contributed by atoms with Crippen LogP contribution in [0.25, 0.3) is 0 Å². The van der Waals surface area contributed by atoms with Crippen LogP contribution in [0.2, 0.25) is 0 Å². The van der Waals surface area contributed by atoms with Gasteiger partial charge >= 0.3 is 0 Å². The number of carbonyl (C=O) groups excluding carboxylic acids is 1. The standard InChI is InChI=1S/C13H19N3O2/c1-16(10-4-6-11(17)7-5-10)8-12-14-13(15-18-12)9-2-3-9/h9-10H,2-8H2,1H3. The highest BCUT2D eigenvalue weighted by atomic mass is 16.5. The van der Waals surface area contributed by atoms with Gasteiger partial charge in [-0.15, -0.1) is 0 Å². The molecule has 2 aliphatic carbocycles. The number of ketones is 1. The second kappa shape index (κ2) is 4.80. The Labute approximate surface area is 107 Å². The van der Waals surface area contributed by atoms with Gasteiger partial charge in [0.1, 0.15) is 5.78 Å². The lowest BCUT2D eigenvalue weighted by Crippen LogP contribution is -2.34. The predicted molar refractivity (Wildman–Crippen MR) is 65.0 cm³/mol. The summed E-state index contributed by atoms with van der Waals surface area (Å²) in [6.07, 6.45) is 5.73. The molecule has 2 aliphatic rings. The van der Waals surface area contributed by atoms with Crippen molar-refractivity contribution in [3.8, 4) is 0 Å². The predicted octanol–water partition coefficient (Wildman–Crippen LogP) is 1.89. The fourth-order valence-electron chi connectivity index (χ4n) is 2.55. The van der Waals surface area contributed by atoms with Gasteiger partial charge in [0.15, 0.2) is 5.82 Å². The molecule has 0 bridgehead atoms. The second-order valence-electron chi connectivity index (χ2n) is 5.51. The highest BCUT2D eigenvalue weighted by Gasteiger charge is 2.29. The fraction of sp³-hybridized carbons (Fsp3) is 0.769. The van der Waals surface area contributed by atoms with Crippen molar-refractivity contribution >= 4 is 5.78 Å². The maximum Gasteiger partial charge on any atom is 0.240 e. The minimum atomic E-state index is 0.397. The van der Waals surface area contributed by atoms with E-state index in [0.717, 1.165) is 18.7 Å². The molecule has 0 atom stereocenters. The molecule has 1 aromatic heterocycles. The fourth-order valence-corrected chi connectivity index (χ4v) is 2.55. The van der Waals surface area contributed by atoms with Crippen LogP contribution < -0.4 is 0 Å². The van der Waals surface area contributed by atoms with Crippen LogP contribution in [0.4, 0.5) is 0 Å². The summed E-state index contributed by atoms with van der Waals surface area (Å²) in [6.45, 7) is 0.693. The SMILES string of the molecule is CN(Cc1nc(C2CC2)no1)C1CCC(=O)CC1. The second-order valence-corrected chi connectivity index (χ2v) is 5.51. The quantitative estimate of drug-likeness (QED) is 0.815. The van der Waals surface area contributed by atoms with E-state index >= 15 is 0 Å². The first-order valence-electron chi connectivity index (χ1n) is 6.77. The maximum absolute atomic E-state index is 11.2. The summed E-state index contributed by atoms with van der Waals surface area (Å²) in [7, 11) is 2.07. The van der Waals surface area contributed by atoms with Crippen LogP contribution >= 0.6 is 0 Å². The average molecular weight is 249 g/mol. The van der Waals surface area contributed by atoms with Gasteiger partial charge < -0.3 is 4.52 Å². The van der Waals surface area contributed by atoms with E-state index in [1.807, 2.05) is 0 Å². The number of hydrogen-bond acceptors (Lipinski definition) is 5. The van der Waals surface area contributed by atoms with E-state index < -0.39 is 0 Å². The van der Waals surface area contributed by atoms with E-state index in [2.05, 4.69) is 22.1 Å². The largest absolute Gasteiger partial charge is 0.338 e. The first-order chi connectivity index (χ1) is 8.72. The number of aromatic nitrogens is 2. The molecule has 0 saturated heterocycles. The summed E-state index contributed by atoms with van der Waals surface area (Å²) in [5, 5.41) is 4.02. The normalized spacial score (nSPS) is 21.8. The first kappa shape index (κ1) is 11.8. The van der Waals surface area contributed by atoms with E-state index in [9.17, 15) is 4.79 Å². The monoisotopic (exact) mass is 249 g/mol. The van der Waals surface area contributed by atoms with Crippen molar-refractivity contribution in [2.45, 2.75) is 57.0 Å². The molecule has 1 heterocycles. The minimum Gasteiger partial charge on any atom is -0.338 e. The number of rotatable bonds is 4. The highest BCUT2D eigenvalue weighted by Crippen LogP contribution is 2.38. The Balaban J connectivity index is 1.55. The zero-order valence-corrected chi connectivity index (χ0v) is 10.8. The van der Waals surface area contributed by atoms with E-state index in [1.165, 1.54) is 12.8 Å². The van der Waals surface area contributed by atoms with Crippen molar-refractivity contribution in [2.75, 3.05) is 7.05 Å². The van der Waals surface area contributed by atoms with Gasteiger partial charge in [0.2, 0.25) is 5.89 Å². The van der Waals surface area contributed by atoms with Gasteiger partial charge in [-0.05, 0) is 32.7 Å². The topological polar surface area (TPSA) is 59.2 Å². The molecule has 0 aliphatic heterocycles. The number of nitrogens with zero attached hydrogens (tertiary/aromatic N) is 3. The van der Waals surface area contributed by atoms with Gasteiger partial charge in [0.05, 0.1) is 6.54 Å². The Morgan fingerprint density at radius 3 is 2.67 bits per heavy atom. The summed E-state index contributed by atoms with van der Waals surface area (Å²) in [5.41, 5.74) is 0. The van der Waals surface area contributed by atoms with Crippen molar-refractivity contribution < 1.29 is 9.32 Å². The Morgan fingerprint density at radius 1 is 1.28 bits per heavy atom. The molecule has 0 amide bonds. The molecule has 2 saturated carbocycles. The molecule has 18 heavy (non-hydrogen) atoms. The lowest BCUT2D eigenvalue weighted by atomic mass is 9.93. The number of hydrogen-bond donors (Lipinski definition) is 0. The third kappa shape index (κ3) is 2.61. The Morgan fingerprint density at radius 2 is 2.00 bits per heavy atom. The van der Waals surface area contributed by atoms with Crippen molar-refractivity contribution in [1.82, 2.24) is 15.0 Å². The molecule has 0 spiro atoms. The van der Waals surface area contributed by atoms with E-state index in [0.29, 0.717) is 43.0 Å². The summed E-state index contributed by atoms with van der Waals surface area (Å²) in [4.78, 5) is 17.9. The lowest BCUT2D eigenvalue weighted by Gasteiger charge is -2.29. The lowest BCUT2D eigenvalue weighted by molar-refractivity contribution is -0.121. The molecular weight excluding hydrogens is 230 g/mol. The van der Waals surface area contributed by atoms with Gasteiger partial charge in [-0.25, -0.2) is 0 Å². The zero-order valence-electron chi connectivity index (χ0n) is 10.8. The van der Waals surface area contributed by atoms with Crippen LogP contribution in [-0.2, 0) is 11.3 Å². The molecule has 5 heteroatoms. The van der Waals surface area contributed by atoms with Crippen LogP contribution in [0.3, 0.4) is 0 Å². The van der Waals surface area contributed by atoms with E-state index in [4.69, 9.17) is 4.52 Å². The molecular formula is C13H19N3O2. The van der Waals surface area contributed by atoms with E-state index in [-0.39, 0.29) is 0 Å². The third-order valence-corrected chi connectivity index (χ3v) is 3.95. The van der Waals surface area contributed by atoms with Crippen LogP contribution in [0, 0.1) is 0 Å². The van der Waals surface area contributed by atoms with Crippen molar-refractivity contribution in [2.24, 2.45) is 0 Å². The molecule has 0 radical (unpaired) electrons. The highest BCUT2D eigenvalue weighted by molar-refractivity contribution is 5.79. The smallest absolute Gasteiger partial charge is 0.240 e. The van der Waals surface area contributed by atoms with Crippen LogP contribution in [0.1, 0.15) is 56.2 Å². The first-order valence-corrected chi connectivity index (χ1v) is 6.77. The average Bonchev–Trinajstić information content (AvgIpc) is 3.11. The minimum absolute atomic E-state index is 0.397. The number of carbonyl (C=O) groups is 1. The maximum atomic E-state index is 11.2. The van der Waals surface area contributed by atoms with Crippen molar-refractivity contribution in [3.63, 3.8) is 0 Å². The van der Waals surface area contributed by atoms with E-state index in [1.54, 1.807) is 0 Å². The molecule has 5 nitrogen and oxygen atoms in total. The molecule has 1 aromatic rings. The molecule has 0 N–H and O–H groups in total. The summed E-state index contributed by atoms with van der Waals surface area (Å²) in [6, 6.07) is 0.471. The van der Waals surface area contributed by atoms with Gasteiger partial charge in [-0.3, -0.25) is 9.69 Å². The molecule has 2 fully saturated rings. The van der Waals surface area contributed by atoms with Gasteiger partial charge in [0, 0.05) is 24.8 Å². The molecule has 98 valence electrons. The molecule has 0 aromatic carbocycles. The summed E-state index contributed by atoms with van der Waals surface area (Å²) < 4.78 is 5.28. The molecule has 0 unspecified atom stereocenters. The summed E-state index contributed by atoms with van der Waals surface area (Å²) in [5.74, 6) is 2.52. The van der Waals surface area contributed by atoms with Crippen LogP contribution in [-0.4, -0.2) is 33.9 Å². The van der Waals surface area contributed by atoms with Gasteiger partial charge in [0.25, 0.3) is 0 Å². The van der Waals surface area contributed by atoms with Crippen LogP contribution in [0.15, 0.2) is 4.52 Å².